The number of esters is 2. The number of hydrogen-bond donors (Lipinski definition) is 0. The van der Waals surface area contributed by atoms with E-state index in [-0.39, 0.29) is 11.9 Å². The Morgan fingerprint density at radius 3 is 1.22 bits per heavy atom. The first-order valence-electron chi connectivity index (χ1n) is 17.5. The Labute approximate surface area is 299 Å². The van der Waals surface area contributed by atoms with E-state index in [1.807, 2.05) is 0 Å². The van der Waals surface area contributed by atoms with Gasteiger partial charge in [-0.05, 0) is 101 Å². The van der Waals surface area contributed by atoms with Crippen molar-refractivity contribution in [2.24, 2.45) is 0 Å². The average molecular weight is 695 g/mol. The van der Waals surface area contributed by atoms with Crippen LogP contribution in [0.25, 0.3) is 64.6 Å². The summed E-state index contributed by atoms with van der Waals surface area (Å²) in [5.41, 5.74) is 2.56. The summed E-state index contributed by atoms with van der Waals surface area (Å²) in [4.78, 5) is 24.8. The SMILES string of the molecule is O=C(CCCc1ccc2ccc3cccc4ccc1c2c34)OCCSSCCOC(=O)CCCc1ccc2ccc3cccc4ccc1c2c34. The third kappa shape index (κ3) is 6.67. The van der Waals surface area contributed by atoms with Gasteiger partial charge in [0.1, 0.15) is 13.2 Å². The maximum absolute atomic E-state index is 12.4. The highest BCUT2D eigenvalue weighted by molar-refractivity contribution is 8.76. The van der Waals surface area contributed by atoms with Gasteiger partial charge in [0, 0.05) is 24.3 Å². The van der Waals surface area contributed by atoms with Crippen LogP contribution < -0.4 is 0 Å². The van der Waals surface area contributed by atoms with E-state index in [2.05, 4.69) is 109 Å². The summed E-state index contributed by atoms with van der Waals surface area (Å²) in [5, 5.41) is 15.4. The van der Waals surface area contributed by atoms with Crippen LogP contribution in [-0.4, -0.2) is 36.7 Å². The van der Waals surface area contributed by atoms with E-state index in [0.717, 1.165) is 25.7 Å². The Balaban J connectivity index is 0.707. The quantitative estimate of drug-likeness (QED) is 0.0461. The van der Waals surface area contributed by atoms with Crippen molar-refractivity contribution >= 4 is 98.2 Å². The monoisotopic (exact) mass is 694 g/mol. The zero-order chi connectivity index (χ0) is 33.9. The van der Waals surface area contributed by atoms with Crippen LogP contribution in [0.4, 0.5) is 0 Å². The molecule has 0 amide bonds. The first-order chi connectivity index (χ1) is 24.6. The topological polar surface area (TPSA) is 52.6 Å². The van der Waals surface area contributed by atoms with Crippen LogP contribution in [-0.2, 0) is 31.9 Å². The maximum atomic E-state index is 12.4. The highest BCUT2D eigenvalue weighted by atomic mass is 33.1. The van der Waals surface area contributed by atoms with Crippen LogP contribution in [0.3, 0.4) is 0 Å². The molecule has 0 spiro atoms. The third-order valence-corrected chi connectivity index (χ3v) is 12.2. The number of carbonyl (C=O) groups is 2. The molecular weight excluding hydrogens is 657 g/mol. The zero-order valence-electron chi connectivity index (χ0n) is 27.9. The third-order valence-electron chi connectivity index (χ3n) is 9.83. The molecule has 0 aliphatic carbocycles. The largest absolute Gasteiger partial charge is 0.465 e. The normalized spacial score (nSPS) is 11.9. The van der Waals surface area contributed by atoms with E-state index < -0.39 is 0 Å². The van der Waals surface area contributed by atoms with Crippen molar-refractivity contribution in [1.29, 1.82) is 0 Å². The van der Waals surface area contributed by atoms with Crippen molar-refractivity contribution in [2.45, 2.75) is 38.5 Å². The summed E-state index contributed by atoms with van der Waals surface area (Å²) in [7, 11) is 3.28. The van der Waals surface area contributed by atoms with Gasteiger partial charge < -0.3 is 9.47 Å². The molecular formula is C44H38O4S2. The molecule has 6 heteroatoms. The van der Waals surface area contributed by atoms with Crippen LogP contribution in [0.2, 0.25) is 0 Å². The zero-order valence-corrected chi connectivity index (χ0v) is 29.5. The Bertz CT molecular complexity index is 2250. The van der Waals surface area contributed by atoms with E-state index >= 15 is 0 Å². The molecule has 8 aromatic carbocycles. The lowest BCUT2D eigenvalue weighted by Gasteiger charge is -2.14. The van der Waals surface area contributed by atoms with Crippen molar-refractivity contribution in [1.82, 2.24) is 0 Å². The number of benzene rings is 8. The van der Waals surface area contributed by atoms with Gasteiger partial charge in [-0.1, -0.05) is 131 Å². The number of hydrogen-bond acceptors (Lipinski definition) is 6. The molecule has 0 aromatic heterocycles. The van der Waals surface area contributed by atoms with Crippen LogP contribution >= 0.6 is 21.6 Å². The minimum absolute atomic E-state index is 0.149. The van der Waals surface area contributed by atoms with Gasteiger partial charge in [-0.25, -0.2) is 0 Å². The standard InChI is InChI=1S/C44H38O4S2/c45-39(11-3-5-29-13-15-35-19-17-31-7-1-9-33-21-23-37(29)43(35)41(31)33)47-25-27-49-50-28-26-48-40(46)12-4-6-30-14-16-36-20-18-32-8-2-10-34-22-24-38(30)44(36)42(32)34/h1-2,7-10,13-24H,3-6,11-12,25-28H2. The lowest BCUT2D eigenvalue weighted by molar-refractivity contribution is -0.144. The van der Waals surface area contributed by atoms with Crippen LogP contribution in [0.15, 0.2) is 109 Å². The molecule has 0 saturated heterocycles. The molecule has 8 aromatic rings. The first-order valence-corrected chi connectivity index (χ1v) is 20.0. The predicted molar refractivity (Wildman–Crippen MR) is 213 cm³/mol. The van der Waals surface area contributed by atoms with Gasteiger partial charge in [0.15, 0.2) is 0 Å². The van der Waals surface area contributed by atoms with Gasteiger partial charge in [-0.2, -0.15) is 0 Å². The summed E-state index contributed by atoms with van der Waals surface area (Å²) >= 11 is 0. The number of aryl methyl sites for hydroxylation is 2. The van der Waals surface area contributed by atoms with Gasteiger partial charge in [-0.3, -0.25) is 9.59 Å². The van der Waals surface area contributed by atoms with Gasteiger partial charge in [0.05, 0.1) is 0 Å². The predicted octanol–water partition coefficient (Wildman–Crippen LogP) is 11.3. The smallest absolute Gasteiger partial charge is 0.305 e. The van der Waals surface area contributed by atoms with Crippen molar-refractivity contribution < 1.29 is 19.1 Å². The minimum atomic E-state index is -0.149. The molecule has 0 fully saturated rings. The van der Waals surface area contributed by atoms with Crippen molar-refractivity contribution in [3.8, 4) is 0 Å². The highest BCUT2D eigenvalue weighted by Gasteiger charge is 2.13. The first kappa shape index (κ1) is 32.7. The van der Waals surface area contributed by atoms with E-state index in [9.17, 15) is 9.59 Å². The Morgan fingerprint density at radius 2 is 0.800 bits per heavy atom. The molecule has 0 aliphatic heterocycles. The molecule has 4 nitrogen and oxygen atoms in total. The van der Waals surface area contributed by atoms with E-state index in [4.69, 9.17) is 9.47 Å². The Hall–Kier alpha value is -4.52. The minimum Gasteiger partial charge on any atom is -0.465 e. The summed E-state index contributed by atoms with van der Waals surface area (Å²) in [5.74, 6) is 1.12. The summed E-state index contributed by atoms with van der Waals surface area (Å²) in [6.45, 7) is 0.774. The number of ether oxygens (including phenoxy) is 2. The summed E-state index contributed by atoms with van der Waals surface area (Å²) in [6.07, 6.45) is 4.02. The number of carbonyl (C=O) groups excluding carboxylic acids is 2. The van der Waals surface area contributed by atoms with Crippen LogP contribution in [0.5, 0.6) is 0 Å². The molecule has 0 atom stereocenters. The second kappa shape index (κ2) is 14.8. The lowest BCUT2D eigenvalue weighted by atomic mass is 9.90. The molecule has 0 saturated carbocycles. The van der Waals surface area contributed by atoms with E-state index in [1.54, 1.807) is 21.6 Å². The molecule has 0 unspecified atom stereocenters. The average Bonchev–Trinajstić information content (AvgIpc) is 3.15. The van der Waals surface area contributed by atoms with Gasteiger partial charge >= 0.3 is 11.9 Å². The lowest BCUT2D eigenvalue weighted by Crippen LogP contribution is -2.08. The van der Waals surface area contributed by atoms with Gasteiger partial charge in [0.2, 0.25) is 0 Å². The Kier molecular flexibility index (Phi) is 9.64. The fourth-order valence-electron chi connectivity index (χ4n) is 7.52. The van der Waals surface area contributed by atoms with Crippen LogP contribution in [0, 0.1) is 0 Å². The van der Waals surface area contributed by atoms with Crippen molar-refractivity contribution in [2.75, 3.05) is 24.7 Å². The van der Waals surface area contributed by atoms with Gasteiger partial charge in [-0.15, -0.1) is 0 Å². The van der Waals surface area contributed by atoms with Gasteiger partial charge in [0.25, 0.3) is 0 Å². The van der Waals surface area contributed by atoms with Crippen LogP contribution in [0.1, 0.15) is 36.8 Å². The summed E-state index contributed by atoms with van der Waals surface area (Å²) in [6, 6.07) is 39.4. The van der Waals surface area contributed by atoms with E-state index in [0.29, 0.717) is 37.6 Å². The molecule has 50 heavy (non-hydrogen) atoms. The van der Waals surface area contributed by atoms with Crippen molar-refractivity contribution in [3.63, 3.8) is 0 Å². The maximum Gasteiger partial charge on any atom is 0.305 e. The van der Waals surface area contributed by atoms with E-state index in [1.165, 1.54) is 75.8 Å². The number of rotatable bonds is 15. The fraction of sp³-hybridized carbons (Fsp3) is 0.227. The molecule has 0 aliphatic rings. The fourth-order valence-corrected chi connectivity index (χ4v) is 9.17. The molecule has 0 bridgehead atoms. The second-order valence-corrected chi connectivity index (χ2v) is 15.7. The molecule has 0 heterocycles. The molecule has 8 rings (SSSR count). The Morgan fingerprint density at radius 1 is 0.440 bits per heavy atom. The van der Waals surface area contributed by atoms with Crippen molar-refractivity contribution in [3.05, 3.63) is 120 Å². The second-order valence-electron chi connectivity index (χ2n) is 13.0. The molecule has 0 radical (unpaired) electrons. The summed E-state index contributed by atoms with van der Waals surface area (Å²) < 4.78 is 11.0. The molecule has 0 N–H and O–H groups in total. The highest BCUT2D eigenvalue weighted by Crippen LogP contribution is 2.37. The molecule has 250 valence electrons.